The van der Waals surface area contributed by atoms with Gasteiger partial charge < -0.3 is 15.4 Å². The topological polar surface area (TPSA) is 104 Å². The van der Waals surface area contributed by atoms with E-state index in [9.17, 15) is 9.59 Å². The highest BCUT2D eigenvalue weighted by Crippen LogP contribution is 2.13. The van der Waals surface area contributed by atoms with Crippen LogP contribution in [0, 0.1) is 11.3 Å². The minimum Gasteiger partial charge on any atom is -0.497 e. The van der Waals surface area contributed by atoms with Crippen LogP contribution in [0.15, 0.2) is 67.0 Å². The Morgan fingerprint density at radius 1 is 1.00 bits per heavy atom. The SMILES string of the molecule is COc1ccc(CNC(=O)c2cncc(C(=O)Nc3ccc(C#N)cc3)c2)cc1. The first-order valence-electron chi connectivity index (χ1n) is 8.77. The number of benzene rings is 2. The number of rotatable bonds is 6. The second-order valence-electron chi connectivity index (χ2n) is 6.14. The molecule has 0 bridgehead atoms. The molecule has 3 aromatic rings. The van der Waals surface area contributed by atoms with Crippen molar-refractivity contribution in [2.75, 3.05) is 12.4 Å². The molecule has 29 heavy (non-hydrogen) atoms. The highest BCUT2D eigenvalue weighted by molar-refractivity contribution is 6.05. The molecule has 0 saturated carbocycles. The molecule has 0 aliphatic heterocycles. The number of nitriles is 1. The first kappa shape index (κ1) is 19.6. The predicted molar refractivity (Wildman–Crippen MR) is 108 cm³/mol. The normalized spacial score (nSPS) is 9.93. The summed E-state index contributed by atoms with van der Waals surface area (Å²) in [5.74, 6) is 0.0126. The van der Waals surface area contributed by atoms with Gasteiger partial charge in [-0.05, 0) is 48.0 Å². The maximum absolute atomic E-state index is 12.4. The van der Waals surface area contributed by atoms with Gasteiger partial charge in [0.2, 0.25) is 0 Å². The lowest BCUT2D eigenvalue weighted by Crippen LogP contribution is -2.23. The first-order valence-corrected chi connectivity index (χ1v) is 8.77. The molecule has 2 N–H and O–H groups in total. The average Bonchev–Trinajstić information content (AvgIpc) is 2.78. The Hall–Kier alpha value is -4.18. The Morgan fingerprint density at radius 3 is 2.28 bits per heavy atom. The molecule has 0 spiro atoms. The number of hydrogen-bond acceptors (Lipinski definition) is 5. The number of pyridine rings is 1. The van der Waals surface area contributed by atoms with Gasteiger partial charge in [-0.1, -0.05) is 12.1 Å². The van der Waals surface area contributed by atoms with Gasteiger partial charge in [0.05, 0.1) is 29.9 Å². The highest BCUT2D eigenvalue weighted by atomic mass is 16.5. The van der Waals surface area contributed by atoms with Crippen molar-refractivity contribution in [2.24, 2.45) is 0 Å². The van der Waals surface area contributed by atoms with Crippen LogP contribution in [-0.2, 0) is 6.54 Å². The summed E-state index contributed by atoms with van der Waals surface area (Å²) in [5, 5.41) is 14.3. The lowest BCUT2D eigenvalue weighted by molar-refractivity contribution is 0.0950. The van der Waals surface area contributed by atoms with E-state index in [1.807, 2.05) is 30.3 Å². The van der Waals surface area contributed by atoms with Crippen LogP contribution < -0.4 is 15.4 Å². The Labute approximate surface area is 168 Å². The van der Waals surface area contributed by atoms with Gasteiger partial charge in [0.15, 0.2) is 0 Å². The molecule has 7 heteroatoms. The molecule has 0 saturated heterocycles. The minimum absolute atomic E-state index is 0.256. The number of nitrogens with one attached hydrogen (secondary N) is 2. The van der Waals surface area contributed by atoms with E-state index in [0.29, 0.717) is 17.8 Å². The molecule has 0 unspecified atom stereocenters. The molecule has 1 heterocycles. The summed E-state index contributed by atoms with van der Waals surface area (Å²) in [4.78, 5) is 28.8. The second-order valence-corrected chi connectivity index (χ2v) is 6.14. The van der Waals surface area contributed by atoms with E-state index in [0.717, 1.165) is 11.3 Å². The lowest BCUT2D eigenvalue weighted by atomic mass is 10.1. The summed E-state index contributed by atoms with van der Waals surface area (Å²) in [6.45, 7) is 0.338. The zero-order chi connectivity index (χ0) is 20.6. The summed E-state index contributed by atoms with van der Waals surface area (Å²) in [6.07, 6.45) is 2.79. The van der Waals surface area contributed by atoms with Crippen molar-refractivity contribution in [1.82, 2.24) is 10.3 Å². The van der Waals surface area contributed by atoms with E-state index < -0.39 is 5.91 Å². The van der Waals surface area contributed by atoms with Crippen LogP contribution in [0.4, 0.5) is 5.69 Å². The van der Waals surface area contributed by atoms with E-state index in [2.05, 4.69) is 15.6 Å². The van der Waals surface area contributed by atoms with Crippen LogP contribution >= 0.6 is 0 Å². The maximum Gasteiger partial charge on any atom is 0.257 e. The molecule has 7 nitrogen and oxygen atoms in total. The first-order chi connectivity index (χ1) is 14.1. The molecule has 0 aliphatic carbocycles. The zero-order valence-corrected chi connectivity index (χ0v) is 15.7. The molecule has 1 aromatic heterocycles. The van der Waals surface area contributed by atoms with Crippen molar-refractivity contribution in [3.8, 4) is 11.8 Å². The molecule has 2 aromatic carbocycles. The number of amides is 2. The maximum atomic E-state index is 12.4. The molecule has 0 atom stereocenters. The van der Waals surface area contributed by atoms with E-state index in [1.165, 1.54) is 18.5 Å². The van der Waals surface area contributed by atoms with Gasteiger partial charge in [-0.3, -0.25) is 14.6 Å². The van der Waals surface area contributed by atoms with E-state index in [-0.39, 0.29) is 17.0 Å². The molecule has 0 radical (unpaired) electrons. The van der Waals surface area contributed by atoms with Crippen molar-refractivity contribution < 1.29 is 14.3 Å². The molecular formula is C22H18N4O3. The van der Waals surface area contributed by atoms with Crippen LogP contribution in [0.3, 0.4) is 0 Å². The molecule has 0 aliphatic rings. The molecular weight excluding hydrogens is 368 g/mol. The number of methoxy groups -OCH3 is 1. The molecule has 2 amide bonds. The molecule has 144 valence electrons. The summed E-state index contributed by atoms with van der Waals surface area (Å²) >= 11 is 0. The van der Waals surface area contributed by atoms with Gasteiger partial charge in [-0.15, -0.1) is 0 Å². The summed E-state index contributed by atoms with van der Waals surface area (Å²) in [7, 11) is 1.59. The number of carbonyl (C=O) groups excluding carboxylic acids is 2. The van der Waals surface area contributed by atoms with Gasteiger partial charge in [-0.2, -0.15) is 5.26 Å². The fourth-order valence-corrected chi connectivity index (χ4v) is 2.55. The van der Waals surface area contributed by atoms with Crippen LogP contribution in [0.25, 0.3) is 0 Å². The second kappa shape index (κ2) is 9.15. The molecule has 3 rings (SSSR count). The Kier molecular flexibility index (Phi) is 6.18. The van der Waals surface area contributed by atoms with Crippen LogP contribution in [0.2, 0.25) is 0 Å². The lowest BCUT2D eigenvalue weighted by Gasteiger charge is -2.08. The number of ether oxygens (including phenoxy) is 1. The fraction of sp³-hybridized carbons (Fsp3) is 0.0909. The highest BCUT2D eigenvalue weighted by Gasteiger charge is 2.12. The summed E-state index contributed by atoms with van der Waals surface area (Å²) in [6, 6.07) is 17.3. The summed E-state index contributed by atoms with van der Waals surface area (Å²) in [5.41, 5.74) is 2.50. The van der Waals surface area contributed by atoms with Gasteiger partial charge >= 0.3 is 0 Å². The Morgan fingerprint density at radius 2 is 1.66 bits per heavy atom. The van der Waals surface area contributed by atoms with Crippen molar-refractivity contribution >= 4 is 17.5 Å². The number of hydrogen-bond donors (Lipinski definition) is 2. The van der Waals surface area contributed by atoms with Crippen LogP contribution in [0.5, 0.6) is 5.75 Å². The number of aromatic nitrogens is 1. The van der Waals surface area contributed by atoms with E-state index in [4.69, 9.17) is 10.00 Å². The van der Waals surface area contributed by atoms with Gasteiger partial charge in [-0.25, -0.2) is 0 Å². The molecule has 0 fully saturated rings. The average molecular weight is 386 g/mol. The van der Waals surface area contributed by atoms with Crippen molar-refractivity contribution in [1.29, 1.82) is 5.26 Å². The third-order valence-corrected chi connectivity index (χ3v) is 4.15. The van der Waals surface area contributed by atoms with Gasteiger partial charge in [0.25, 0.3) is 11.8 Å². The van der Waals surface area contributed by atoms with Crippen molar-refractivity contribution in [3.63, 3.8) is 0 Å². The fourth-order valence-electron chi connectivity index (χ4n) is 2.55. The smallest absolute Gasteiger partial charge is 0.257 e. The number of carbonyl (C=O) groups is 2. The Balaban J connectivity index is 1.63. The minimum atomic E-state index is -0.396. The van der Waals surface area contributed by atoms with Gasteiger partial charge in [0, 0.05) is 24.6 Å². The monoisotopic (exact) mass is 386 g/mol. The Bertz CT molecular complexity index is 1050. The largest absolute Gasteiger partial charge is 0.497 e. The zero-order valence-electron chi connectivity index (χ0n) is 15.7. The van der Waals surface area contributed by atoms with Crippen molar-refractivity contribution in [2.45, 2.75) is 6.54 Å². The summed E-state index contributed by atoms with van der Waals surface area (Å²) < 4.78 is 5.11. The van der Waals surface area contributed by atoms with E-state index >= 15 is 0 Å². The third kappa shape index (κ3) is 5.17. The number of nitrogens with zero attached hydrogens (tertiary/aromatic N) is 2. The van der Waals surface area contributed by atoms with Crippen LogP contribution in [0.1, 0.15) is 31.8 Å². The number of anilines is 1. The van der Waals surface area contributed by atoms with Crippen LogP contribution in [-0.4, -0.2) is 23.9 Å². The standard InChI is InChI=1S/C22H18N4O3/c1-29-20-8-4-16(5-9-20)12-25-21(27)17-10-18(14-24-13-17)22(28)26-19-6-2-15(11-23)3-7-19/h2-10,13-14H,12H2,1H3,(H,25,27)(H,26,28). The van der Waals surface area contributed by atoms with Crippen molar-refractivity contribution in [3.05, 3.63) is 89.2 Å². The quantitative estimate of drug-likeness (QED) is 0.677. The van der Waals surface area contributed by atoms with Gasteiger partial charge in [0.1, 0.15) is 5.75 Å². The van der Waals surface area contributed by atoms with E-state index in [1.54, 1.807) is 31.4 Å². The predicted octanol–water partition coefficient (Wildman–Crippen LogP) is 3.14. The third-order valence-electron chi connectivity index (χ3n) is 4.15.